The molecule has 0 bridgehead atoms. The van der Waals surface area contributed by atoms with Crippen molar-refractivity contribution in [3.05, 3.63) is 34.6 Å². The summed E-state index contributed by atoms with van der Waals surface area (Å²) in [6.07, 6.45) is 4.30. The summed E-state index contributed by atoms with van der Waals surface area (Å²) in [5.41, 5.74) is 1.08. The van der Waals surface area contributed by atoms with Crippen LogP contribution in [0.2, 0.25) is 5.02 Å². The lowest BCUT2D eigenvalue weighted by atomic mass is 9.73. The van der Waals surface area contributed by atoms with E-state index in [0.717, 1.165) is 37.8 Å². The second-order valence-electron chi connectivity index (χ2n) is 5.94. The van der Waals surface area contributed by atoms with Gasteiger partial charge in [0.2, 0.25) is 0 Å². The molecule has 0 aliphatic rings. The monoisotopic (exact) mass is 299 g/mol. The maximum absolute atomic E-state index is 13.3. The van der Waals surface area contributed by atoms with Gasteiger partial charge in [-0.25, -0.2) is 4.39 Å². The van der Waals surface area contributed by atoms with E-state index in [9.17, 15) is 4.39 Å². The van der Waals surface area contributed by atoms with E-state index in [1.54, 1.807) is 0 Å². The third-order valence-corrected chi connectivity index (χ3v) is 4.12. The molecule has 0 heterocycles. The van der Waals surface area contributed by atoms with Crippen molar-refractivity contribution in [2.24, 2.45) is 0 Å². The summed E-state index contributed by atoms with van der Waals surface area (Å²) in [7, 11) is 0. The summed E-state index contributed by atoms with van der Waals surface area (Å²) in [5.74, 6) is -0.266. The molecule has 0 saturated carbocycles. The third-order valence-electron chi connectivity index (χ3n) is 3.81. The lowest BCUT2D eigenvalue weighted by Gasteiger charge is -2.36. The molecule has 20 heavy (non-hydrogen) atoms. The molecular weight excluding hydrogens is 273 g/mol. The van der Waals surface area contributed by atoms with Crippen molar-refractivity contribution < 1.29 is 4.39 Å². The first kappa shape index (κ1) is 17.5. The first-order valence-corrected chi connectivity index (χ1v) is 8.02. The van der Waals surface area contributed by atoms with Crippen molar-refractivity contribution in [2.45, 2.75) is 64.8 Å². The van der Waals surface area contributed by atoms with Gasteiger partial charge in [0.25, 0.3) is 0 Å². The second-order valence-corrected chi connectivity index (χ2v) is 6.35. The Balaban J connectivity index is 3.17. The first-order chi connectivity index (χ1) is 9.45. The standard InChI is InChI=1S/C17H27ClFN/c1-5-9-17(10-6-2,12-20-13(3)4)15-8-7-14(19)11-16(15)18/h7-8,11,13,20H,5-6,9-10,12H2,1-4H3. The van der Waals surface area contributed by atoms with Crippen LogP contribution in [0.1, 0.15) is 58.9 Å². The van der Waals surface area contributed by atoms with Crippen LogP contribution in [0.3, 0.4) is 0 Å². The smallest absolute Gasteiger partial charge is 0.124 e. The summed E-state index contributed by atoms with van der Waals surface area (Å²) in [6, 6.07) is 5.26. The van der Waals surface area contributed by atoms with E-state index in [-0.39, 0.29) is 11.2 Å². The van der Waals surface area contributed by atoms with E-state index in [1.807, 2.05) is 6.07 Å². The normalized spacial score (nSPS) is 12.2. The van der Waals surface area contributed by atoms with Crippen LogP contribution >= 0.6 is 11.6 Å². The zero-order chi connectivity index (χ0) is 15.2. The lowest BCUT2D eigenvalue weighted by Crippen LogP contribution is -2.41. The van der Waals surface area contributed by atoms with Crippen molar-refractivity contribution in [1.82, 2.24) is 5.32 Å². The number of halogens is 2. The Labute approximate surface area is 127 Å². The summed E-state index contributed by atoms with van der Waals surface area (Å²) in [6.45, 7) is 9.57. The van der Waals surface area contributed by atoms with Gasteiger partial charge in [-0.1, -0.05) is 58.2 Å². The van der Waals surface area contributed by atoms with Gasteiger partial charge in [-0.2, -0.15) is 0 Å². The Hall–Kier alpha value is -0.600. The van der Waals surface area contributed by atoms with Crippen LogP contribution in [-0.2, 0) is 5.41 Å². The molecule has 0 radical (unpaired) electrons. The molecule has 1 N–H and O–H groups in total. The average molecular weight is 300 g/mol. The van der Waals surface area contributed by atoms with Gasteiger partial charge in [-0.15, -0.1) is 0 Å². The van der Waals surface area contributed by atoms with Crippen molar-refractivity contribution in [1.29, 1.82) is 0 Å². The maximum Gasteiger partial charge on any atom is 0.124 e. The zero-order valence-corrected chi connectivity index (χ0v) is 13.9. The summed E-state index contributed by atoms with van der Waals surface area (Å²) in [4.78, 5) is 0. The predicted molar refractivity (Wildman–Crippen MR) is 86.0 cm³/mol. The van der Waals surface area contributed by atoms with Gasteiger partial charge in [-0.05, 0) is 30.5 Å². The highest BCUT2D eigenvalue weighted by Crippen LogP contribution is 2.38. The Kier molecular flexibility index (Phi) is 6.97. The molecule has 0 aliphatic carbocycles. The molecule has 1 aromatic carbocycles. The molecule has 0 unspecified atom stereocenters. The van der Waals surface area contributed by atoms with Crippen LogP contribution in [0, 0.1) is 5.82 Å². The summed E-state index contributed by atoms with van der Waals surface area (Å²) >= 11 is 6.33. The van der Waals surface area contributed by atoms with E-state index in [4.69, 9.17) is 11.6 Å². The number of rotatable bonds is 8. The molecule has 0 aromatic heterocycles. The Bertz CT molecular complexity index is 411. The first-order valence-electron chi connectivity index (χ1n) is 7.64. The number of benzene rings is 1. The SMILES string of the molecule is CCCC(CCC)(CNC(C)C)c1ccc(F)cc1Cl. The fourth-order valence-electron chi connectivity index (χ4n) is 2.94. The van der Waals surface area contributed by atoms with Gasteiger partial charge in [0, 0.05) is 23.0 Å². The van der Waals surface area contributed by atoms with Gasteiger partial charge in [0.1, 0.15) is 5.82 Å². The molecule has 3 heteroatoms. The van der Waals surface area contributed by atoms with E-state index >= 15 is 0 Å². The molecule has 0 amide bonds. The quantitative estimate of drug-likeness (QED) is 0.685. The van der Waals surface area contributed by atoms with Crippen LogP contribution in [-0.4, -0.2) is 12.6 Å². The topological polar surface area (TPSA) is 12.0 Å². The number of hydrogen-bond acceptors (Lipinski definition) is 1. The number of hydrogen-bond donors (Lipinski definition) is 1. The lowest BCUT2D eigenvalue weighted by molar-refractivity contribution is 0.324. The summed E-state index contributed by atoms with van der Waals surface area (Å²) < 4.78 is 13.3. The van der Waals surface area contributed by atoms with E-state index in [1.165, 1.54) is 12.1 Å². The van der Waals surface area contributed by atoms with Crippen LogP contribution in [0.15, 0.2) is 18.2 Å². The Morgan fingerprint density at radius 1 is 1.20 bits per heavy atom. The molecule has 0 fully saturated rings. The highest BCUT2D eigenvalue weighted by Gasteiger charge is 2.32. The van der Waals surface area contributed by atoms with Gasteiger partial charge in [0.15, 0.2) is 0 Å². The van der Waals surface area contributed by atoms with Crippen molar-refractivity contribution in [2.75, 3.05) is 6.54 Å². The highest BCUT2D eigenvalue weighted by molar-refractivity contribution is 6.31. The van der Waals surface area contributed by atoms with Crippen LogP contribution < -0.4 is 5.32 Å². The minimum absolute atomic E-state index is 0.00144. The Morgan fingerprint density at radius 3 is 2.25 bits per heavy atom. The molecule has 1 aromatic rings. The fraction of sp³-hybridized carbons (Fsp3) is 0.647. The van der Waals surface area contributed by atoms with Gasteiger partial charge < -0.3 is 5.32 Å². The van der Waals surface area contributed by atoms with E-state index in [0.29, 0.717) is 11.1 Å². The molecular formula is C17H27ClFN. The van der Waals surface area contributed by atoms with Gasteiger partial charge in [0.05, 0.1) is 0 Å². The molecule has 0 aliphatic heterocycles. The van der Waals surface area contributed by atoms with Crippen molar-refractivity contribution in [3.8, 4) is 0 Å². The molecule has 0 saturated heterocycles. The van der Waals surface area contributed by atoms with Crippen LogP contribution in [0.4, 0.5) is 4.39 Å². The number of nitrogens with one attached hydrogen (secondary N) is 1. The van der Waals surface area contributed by atoms with Gasteiger partial charge >= 0.3 is 0 Å². The molecule has 1 rings (SSSR count). The largest absolute Gasteiger partial charge is 0.314 e. The van der Waals surface area contributed by atoms with Crippen molar-refractivity contribution >= 4 is 11.6 Å². The average Bonchev–Trinajstić information content (AvgIpc) is 2.36. The second kappa shape index (κ2) is 7.99. The predicted octanol–water partition coefficient (Wildman–Crippen LogP) is 5.32. The fourth-order valence-corrected chi connectivity index (χ4v) is 3.31. The molecule has 114 valence electrons. The van der Waals surface area contributed by atoms with Crippen molar-refractivity contribution in [3.63, 3.8) is 0 Å². The van der Waals surface area contributed by atoms with Gasteiger partial charge in [-0.3, -0.25) is 0 Å². The minimum Gasteiger partial charge on any atom is -0.314 e. The molecule has 1 nitrogen and oxygen atoms in total. The third kappa shape index (κ3) is 4.46. The molecule has 0 atom stereocenters. The van der Waals surface area contributed by atoms with E-state index in [2.05, 4.69) is 33.0 Å². The zero-order valence-electron chi connectivity index (χ0n) is 13.1. The minimum atomic E-state index is -0.266. The molecule has 0 spiro atoms. The highest BCUT2D eigenvalue weighted by atomic mass is 35.5. The summed E-state index contributed by atoms with van der Waals surface area (Å²) in [5, 5.41) is 4.10. The van der Waals surface area contributed by atoms with Crippen LogP contribution in [0.25, 0.3) is 0 Å². The Morgan fingerprint density at radius 2 is 1.80 bits per heavy atom. The van der Waals surface area contributed by atoms with Crippen LogP contribution in [0.5, 0.6) is 0 Å². The van der Waals surface area contributed by atoms with E-state index < -0.39 is 0 Å². The maximum atomic E-state index is 13.3.